The molecule has 0 aromatic heterocycles. The summed E-state index contributed by atoms with van der Waals surface area (Å²) in [5.74, 6) is -0.483. The van der Waals surface area contributed by atoms with Gasteiger partial charge in [-0.3, -0.25) is 12.2 Å². The Kier molecular flexibility index (Phi) is 22.0. The van der Waals surface area contributed by atoms with Crippen molar-refractivity contribution in [1.29, 1.82) is 0 Å². The molecule has 6 heteroatoms. The second-order valence-corrected chi connectivity index (χ2v) is 11.0. The molecule has 2 aromatic carbocycles. The van der Waals surface area contributed by atoms with Crippen LogP contribution in [0.4, 0.5) is 8.78 Å². The summed E-state index contributed by atoms with van der Waals surface area (Å²) in [7, 11) is 0. The molecule has 0 saturated heterocycles. The predicted molar refractivity (Wildman–Crippen MR) is 167 cm³/mol. The molecule has 40 heavy (non-hydrogen) atoms. The summed E-state index contributed by atoms with van der Waals surface area (Å²) in [6.45, 7) is 19.6. The van der Waals surface area contributed by atoms with Crippen LogP contribution < -0.4 is 0 Å². The number of hydrogen-bond acceptors (Lipinski definition) is 2. The number of halogens is 2. The molecule has 0 atom stereocenters. The number of rotatable bonds is 0. The average Bonchev–Trinajstić information content (AvgIpc) is 3.49. The molecule has 2 nitrogen and oxygen atoms in total. The van der Waals surface area contributed by atoms with Crippen molar-refractivity contribution in [2.75, 3.05) is 0 Å². The van der Waals surface area contributed by atoms with Crippen molar-refractivity contribution in [3.8, 4) is 11.5 Å². The van der Waals surface area contributed by atoms with Gasteiger partial charge in [-0.25, -0.2) is 32.1 Å². The summed E-state index contributed by atoms with van der Waals surface area (Å²) in [6, 6.07) is 10.0. The van der Waals surface area contributed by atoms with E-state index in [2.05, 4.69) is 79.7 Å². The number of allylic oxidation sites excluding steroid dienone is 8. The number of hydrogen-bond donors (Lipinski definition) is 2. The van der Waals surface area contributed by atoms with Gasteiger partial charge >= 0.3 is 30.2 Å². The zero-order valence-corrected chi connectivity index (χ0v) is 29.9. The minimum atomic E-state index is -0.331. The molecule has 222 valence electrons. The van der Waals surface area contributed by atoms with Crippen molar-refractivity contribution in [1.82, 2.24) is 0 Å². The van der Waals surface area contributed by atoms with Crippen molar-refractivity contribution in [2.24, 2.45) is 10.8 Å². The second-order valence-electron chi connectivity index (χ2n) is 11.0. The summed E-state index contributed by atoms with van der Waals surface area (Å²) in [4.78, 5) is 0. The van der Waals surface area contributed by atoms with E-state index in [0.29, 0.717) is 0 Å². The van der Waals surface area contributed by atoms with E-state index in [0.717, 1.165) is 12.8 Å². The van der Waals surface area contributed by atoms with Crippen LogP contribution in [-0.2, 0) is 23.3 Å². The maximum absolute atomic E-state index is 12.0. The summed E-state index contributed by atoms with van der Waals surface area (Å²) in [5.41, 5.74) is 6.18. The Bertz CT molecular complexity index is 971. The zero-order valence-electron chi connectivity index (χ0n) is 26.0. The first-order valence-corrected chi connectivity index (χ1v) is 18.3. The van der Waals surface area contributed by atoms with E-state index < -0.39 is 0 Å². The number of benzene rings is 2. The first-order valence-electron chi connectivity index (χ1n) is 12.4. The topological polar surface area (TPSA) is 40.5 Å². The SMILES string of the molecule is CC1=CC(C(C)(C)C)=[C-]C1.CC1=CC(C(C)(C)C)=[C-]C1.Oc1ccc(F)cc1.Oc1ccc(F)cc1.[CH3-].[CH3-].[SiH2]=[Zr]. The molecule has 0 radical (unpaired) electrons. The van der Waals surface area contributed by atoms with Crippen LogP contribution in [0.2, 0.25) is 0 Å². The second kappa shape index (κ2) is 20.8. The van der Waals surface area contributed by atoms with Crippen LogP contribution in [0.25, 0.3) is 0 Å². The molecule has 2 aliphatic carbocycles. The van der Waals surface area contributed by atoms with E-state index in [1.54, 1.807) is 23.3 Å². The zero-order chi connectivity index (χ0) is 29.5. The Hall–Kier alpha value is -2.04. The van der Waals surface area contributed by atoms with Crippen LogP contribution in [0.1, 0.15) is 68.2 Å². The van der Waals surface area contributed by atoms with Gasteiger partial charge in [0.2, 0.25) is 0 Å². The third-order valence-electron chi connectivity index (χ3n) is 5.17. The van der Waals surface area contributed by atoms with Crippen LogP contribution in [0.3, 0.4) is 0 Å². The maximum atomic E-state index is 12.0. The Labute approximate surface area is 260 Å². The summed E-state index contributed by atoms with van der Waals surface area (Å²) < 4.78 is 24.0. The molecular weight excluding hydrogens is 598 g/mol. The van der Waals surface area contributed by atoms with Crippen LogP contribution in [0.15, 0.2) is 83.0 Å². The molecule has 0 amide bonds. The fraction of sp³-hybridized carbons (Fsp3) is 0.353. The van der Waals surface area contributed by atoms with Crippen LogP contribution in [-0.4, -0.2) is 17.1 Å². The number of phenolic OH excluding ortho intramolecular Hbond substituents is 2. The molecule has 4 rings (SSSR count). The molecule has 0 fully saturated rings. The van der Waals surface area contributed by atoms with Crippen LogP contribution >= 0.6 is 0 Å². The summed E-state index contributed by atoms with van der Waals surface area (Å²) >= 11 is 1.58. The normalized spacial score (nSPS) is 13.1. The predicted octanol–water partition coefficient (Wildman–Crippen LogP) is 9.27. The molecule has 2 N–H and O–H groups in total. The van der Waals surface area contributed by atoms with Gasteiger partial charge in [0, 0.05) is 0 Å². The fourth-order valence-electron chi connectivity index (χ4n) is 3.01. The third kappa shape index (κ3) is 19.1. The molecule has 2 aromatic rings. The molecule has 0 bridgehead atoms. The van der Waals surface area contributed by atoms with E-state index in [9.17, 15) is 8.78 Å². The van der Waals surface area contributed by atoms with Gasteiger partial charge in [-0.05, 0) is 59.4 Å². The first kappa shape index (κ1) is 42.4. The van der Waals surface area contributed by atoms with E-state index in [1.807, 2.05) is 6.88 Å². The van der Waals surface area contributed by atoms with Gasteiger partial charge in [0.05, 0.1) is 0 Å². The van der Waals surface area contributed by atoms with Crippen LogP contribution in [0.5, 0.6) is 11.5 Å². The average molecular weight is 646 g/mol. The molecular formula is C34H48F2O2SiZr-4. The van der Waals surface area contributed by atoms with Gasteiger partial charge in [-0.1, -0.05) is 55.4 Å². The Morgan fingerprint density at radius 2 is 0.875 bits per heavy atom. The quantitative estimate of drug-likeness (QED) is 0.222. The summed E-state index contributed by atoms with van der Waals surface area (Å²) in [5, 5.41) is 17.2. The monoisotopic (exact) mass is 644 g/mol. The fourth-order valence-corrected chi connectivity index (χ4v) is 3.01. The van der Waals surface area contributed by atoms with Gasteiger partial charge < -0.3 is 25.1 Å². The standard InChI is InChI=1S/2C10H15.2C6H5FO.2CH3.H2Si.Zr/c2*1-8-5-6-9(7-8)10(2,3)4;2*7-5-1-3-6(8)4-2-5;;;;/h2*7H,5H2,1-4H3;2*1-4,8H;2*1H3;1H2;/q2*-1;;;2*-1;;. The van der Waals surface area contributed by atoms with Crippen molar-refractivity contribution in [3.05, 3.63) is 122 Å². The van der Waals surface area contributed by atoms with Gasteiger partial charge in [-0.15, -0.1) is 12.8 Å². The van der Waals surface area contributed by atoms with Crippen molar-refractivity contribution < 1.29 is 42.3 Å². The van der Waals surface area contributed by atoms with Crippen molar-refractivity contribution >= 4 is 6.88 Å². The minimum absolute atomic E-state index is 0. The molecule has 0 saturated carbocycles. The van der Waals surface area contributed by atoms with E-state index >= 15 is 0 Å². The van der Waals surface area contributed by atoms with Gasteiger partial charge in [0.1, 0.15) is 23.1 Å². The number of phenols is 2. The van der Waals surface area contributed by atoms with Gasteiger partial charge in [0.25, 0.3) is 0 Å². The Morgan fingerprint density at radius 3 is 1.00 bits per heavy atom. The van der Waals surface area contributed by atoms with Gasteiger partial charge in [0.15, 0.2) is 0 Å². The van der Waals surface area contributed by atoms with Gasteiger partial charge in [-0.2, -0.15) is 11.1 Å². The number of aromatic hydroxyl groups is 2. The molecule has 0 unspecified atom stereocenters. The summed E-state index contributed by atoms with van der Waals surface area (Å²) in [6.07, 6.45) is 13.3. The Balaban J connectivity index is -0.000000441. The van der Waals surface area contributed by atoms with Crippen molar-refractivity contribution in [2.45, 2.75) is 68.2 Å². The molecule has 0 aliphatic heterocycles. The molecule has 2 aliphatic rings. The van der Waals surface area contributed by atoms with E-state index in [1.165, 1.54) is 70.8 Å². The Morgan fingerprint density at radius 1 is 0.625 bits per heavy atom. The first-order chi connectivity index (χ1) is 17.6. The third-order valence-corrected chi connectivity index (χ3v) is 5.17. The molecule has 0 heterocycles. The van der Waals surface area contributed by atoms with E-state index in [-0.39, 0.29) is 48.8 Å². The van der Waals surface area contributed by atoms with E-state index in [4.69, 9.17) is 10.2 Å². The van der Waals surface area contributed by atoms with Crippen LogP contribution in [0, 0.1) is 49.5 Å². The molecule has 0 spiro atoms. The van der Waals surface area contributed by atoms with Crippen molar-refractivity contribution in [3.63, 3.8) is 0 Å².